The van der Waals surface area contributed by atoms with Crippen LogP contribution in [0.5, 0.6) is 5.75 Å². The van der Waals surface area contributed by atoms with E-state index in [1.54, 1.807) is 11.8 Å². The molecule has 2 aromatic carbocycles. The van der Waals surface area contributed by atoms with Gasteiger partial charge in [0, 0.05) is 22.2 Å². The largest absolute Gasteiger partial charge is 0.489 e. The van der Waals surface area contributed by atoms with Gasteiger partial charge in [0.25, 0.3) is 0 Å². The Morgan fingerprint density at radius 3 is 2.49 bits per heavy atom. The third-order valence-corrected chi connectivity index (χ3v) is 10.8. The zero-order valence-electron chi connectivity index (χ0n) is 27.9. The van der Waals surface area contributed by atoms with Crippen molar-refractivity contribution in [1.29, 1.82) is 0 Å². The van der Waals surface area contributed by atoms with E-state index < -0.39 is 0 Å². The van der Waals surface area contributed by atoms with Crippen LogP contribution in [0.15, 0.2) is 53.6 Å². The minimum absolute atomic E-state index is 0.0245. The number of hydrogen-bond acceptors (Lipinski definition) is 9. The van der Waals surface area contributed by atoms with E-state index in [4.69, 9.17) is 21.1 Å². The summed E-state index contributed by atoms with van der Waals surface area (Å²) in [6.07, 6.45) is 10.4. The number of aryl methyl sites for hydroxylation is 1. The number of aromatic nitrogens is 2. The number of nitrogens with zero attached hydrogens (tertiary/aromatic N) is 4. The van der Waals surface area contributed by atoms with Crippen molar-refractivity contribution in [1.82, 2.24) is 14.9 Å². The van der Waals surface area contributed by atoms with E-state index in [0.29, 0.717) is 35.0 Å². The zero-order chi connectivity index (χ0) is 32.8. The molecule has 2 N–H and O–H groups in total. The number of anilines is 4. The molecule has 10 heteroatoms. The first-order valence-corrected chi connectivity index (χ1v) is 18.3. The SMILES string of the molecule is Cc1cc(Nc2ncc(Cl)c(N(O)c3ccccc3SC(C)C)n2)c(OC(C)C)cc1C1=CC(C2CC2)N(C2COC2)C(C2CC2)C1. The van der Waals surface area contributed by atoms with Gasteiger partial charge in [-0.1, -0.05) is 43.7 Å². The summed E-state index contributed by atoms with van der Waals surface area (Å²) in [6.45, 7) is 12.2. The summed E-state index contributed by atoms with van der Waals surface area (Å²) in [5, 5.41) is 16.4. The molecule has 8 nitrogen and oxygen atoms in total. The fourth-order valence-electron chi connectivity index (χ4n) is 7.00. The van der Waals surface area contributed by atoms with Crippen LogP contribution in [0.1, 0.15) is 70.9 Å². The van der Waals surface area contributed by atoms with Crippen molar-refractivity contribution in [3.8, 4) is 5.75 Å². The predicted octanol–water partition coefficient (Wildman–Crippen LogP) is 9.04. The third kappa shape index (κ3) is 7.15. The van der Waals surface area contributed by atoms with E-state index in [1.165, 1.54) is 48.6 Å². The van der Waals surface area contributed by atoms with Crippen molar-refractivity contribution in [3.05, 3.63) is 64.8 Å². The average Bonchev–Trinajstić information content (AvgIpc) is 3.92. The van der Waals surface area contributed by atoms with Crippen LogP contribution in [0.4, 0.5) is 23.1 Å². The number of thioether (sulfide) groups is 1. The Morgan fingerprint density at radius 2 is 1.83 bits per heavy atom. The number of para-hydroxylation sites is 1. The van der Waals surface area contributed by atoms with Crippen LogP contribution < -0.4 is 15.1 Å². The minimum atomic E-state index is -0.0245. The van der Waals surface area contributed by atoms with Crippen molar-refractivity contribution in [2.24, 2.45) is 11.8 Å². The smallest absolute Gasteiger partial charge is 0.229 e. The van der Waals surface area contributed by atoms with Gasteiger partial charge in [0.15, 0.2) is 5.82 Å². The molecule has 2 aliphatic carbocycles. The highest BCUT2D eigenvalue weighted by Gasteiger charge is 2.49. The first-order valence-electron chi connectivity index (χ1n) is 17.1. The van der Waals surface area contributed by atoms with E-state index in [0.717, 1.165) is 52.9 Å². The summed E-state index contributed by atoms with van der Waals surface area (Å²) in [5.74, 6) is 2.80. The van der Waals surface area contributed by atoms with Crippen LogP contribution in [0.25, 0.3) is 5.57 Å². The summed E-state index contributed by atoms with van der Waals surface area (Å²) >= 11 is 8.22. The first-order chi connectivity index (χ1) is 22.7. The molecular weight excluding hydrogens is 630 g/mol. The molecule has 4 aliphatic rings. The van der Waals surface area contributed by atoms with E-state index in [9.17, 15) is 5.21 Å². The van der Waals surface area contributed by atoms with Crippen LogP contribution in [0, 0.1) is 18.8 Å². The van der Waals surface area contributed by atoms with Crippen LogP contribution in [-0.4, -0.2) is 62.8 Å². The number of nitrogens with one attached hydrogen (secondary N) is 1. The molecule has 2 atom stereocenters. The maximum absolute atomic E-state index is 11.3. The topological polar surface area (TPSA) is 83.0 Å². The second-order valence-corrected chi connectivity index (χ2v) is 16.1. The molecular formula is C37H46ClN5O3S. The monoisotopic (exact) mass is 675 g/mol. The average molecular weight is 676 g/mol. The lowest BCUT2D eigenvalue weighted by atomic mass is 9.84. The van der Waals surface area contributed by atoms with Crippen LogP contribution in [0.3, 0.4) is 0 Å². The van der Waals surface area contributed by atoms with E-state index in [-0.39, 0.29) is 16.9 Å². The quantitative estimate of drug-likeness (QED) is 0.144. The van der Waals surface area contributed by atoms with E-state index >= 15 is 0 Å². The molecule has 2 aliphatic heterocycles. The Kier molecular flexibility index (Phi) is 9.46. The second kappa shape index (κ2) is 13.6. The molecule has 1 aromatic heterocycles. The second-order valence-electron chi connectivity index (χ2n) is 14.0. The highest BCUT2D eigenvalue weighted by Crippen LogP contribution is 2.50. The standard InChI is InChI=1S/C37H46ClN5O3S/c1-21(2)46-34-17-28(26-15-32(24-10-11-24)42(27-19-45-20-27)33(16-26)25-12-13-25)23(5)14-30(34)40-37-39-18-29(38)36(41-37)43(44)31-8-6-7-9-35(31)47-22(3)4/h6-9,14-15,17-18,21-22,24-25,27,32-33,44H,10-13,16,19-20H2,1-5H3,(H,39,40,41). The molecule has 2 unspecified atom stereocenters. The molecule has 250 valence electrons. The molecule has 1 saturated heterocycles. The molecule has 0 bridgehead atoms. The molecule has 3 fully saturated rings. The lowest BCUT2D eigenvalue weighted by Gasteiger charge is -2.49. The number of halogens is 1. The fraction of sp³-hybridized carbons (Fsp3) is 0.514. The van der Waals surface area contributed by atoms with Gasteiger partial charge in [-0.3, -0.25) is 10.1 Å². The Hall–Kier alpha value is -2.82. The summed E-state index contributed by atoms with van der Waals surface area (Å²) in [5.41, 5.74) is 5.25. The molecule has 47 heavy (non-hydrogen) atoms. The van der Waals surface area contributed by atoms with Gasteiger partial charge in [0.1, 0.15) is 10.8 Å². The van der Waals surface area contributed by atoms with Crippen molar-refractivity contribution < 1.29 is 14.7 Å². The molecule has 0 amide bonds. The third-order valence-electron chi connectivity index (χ3n) is 9.51. The van der Waals surface area contributed by atoms with Gasteiger partial charge >= 0.3 is 0 Å². The van der Waals surface area contributed by atoms with Crippen LogP contribution in [-0.2, 0) is 4.74 Å². The summed E-state index contributed by atoms with van der Waals surface area (Å²) in [7, 11) is 0. The lowest BCUT2D eigenvalue weighted by molar-refractivity contribution is -0.0963. The molecule has 3 aromatic rings. The number of ether oxygens (including phenoxy) is 2. The molecule has 2 saturated carbocycles. The van der Waals surface area contributed by atoms with Gasteiger partial charge in [-0.25, -0.2) is 10.0 Å². The van der Waals surface area contributed by atoms with Crippen molar-refractivity contribution in [3.63, 3.8) is 0 Å². The van der Waals surface area contributed by atoms with Gasteiger partial charge in [0.2, 0.25) is 5.95 Å². The molecule has 0 spiro atoms. The minimum Gasteiger partial charge on any atom is -0.489 e. The van der Waals surface area contributed by atoms with Crippen molar-refractivity contribution >= 4 is 52.1 Å². The predicted molar refractivity (Wildman–Crippen MR) is 191 cm³/mol. The lowest BCUT2D eigenvalue weighted by Crippen LogP contribution is -2.59. The van der Waals surface area contributed by atoms with Gasteiger partial charge in [-0.15, -0.1) is 11.8 Å². The molecule has 3 heterocycles. The normalized spacial score (nSPS) is 21.9. The van der Waals surface area contributed by atoms with Gasteiger partial charge in [-0.2, -0.15) is 4.98 Å². The summed E-state index contributed by atoms with van der Waals surface area (Å²) in [4.78, 5) is 12.9. The number of benzene rings is 2. The number of hydrogen-bond donors (Lipinski definition) is 2. The number of rotatable bonds is 12. The van der Waals surface area contributed by atoms with E-state index in [2.05, 4.69) is 59.2 Å². The first kappa shape index (κ1) is 32.7. The Morgan fingerprint density at radius 1 is 1.09 bits per heavy atom. The van der Waals surface area contributed by atoms with Gasteiger partial charge in [-0.05, 0) is 106 Å². The Bertz CT molecular complexity index is 1640. The zero-order valence-corrected chi connectivity index (χ0v) is 29.5. The van der Waals surface area contributed by atoms with E-state index in [1.807, 2.05) is 38.1 Å². The van der Waals surface area contributed by atoms with Crippen LogP contribution >= 0.6 is 23.4 Å². The Balaban J connectivity index is 1.20. The van der Waals surface area contributed by atoms with Crippen LogP contribution in [0.2, 0.25) is 5.02 Å². The fourth-order valence-corrected chi connectivity index (χ4v) is 8.11. The van der Waals surface area contributed by atoms with Crippen molar-refractivity contribution in [2.45, 2.75) is 101 Å². The highest BCUT2D eigenvalue weighted by molar-refractivity contribution is 8.00. The van der Waals surface area contributed by atoms with Gasteiger partial charge < -0.3 is 14.8 Å². The van der Waals surface area contributed by atoms with Gasteiger partial charge in [0.05, 0.1) is 42.9 Å². The summed E-state index contributed by atoms with van der Waals surface area (Å²) < 4.78 is 12.1. The highest BCUT2D eigenvalue weighted by atomic mass is 35.5. The summed E-state index contributed by atoms with van der Waals surface area (Å²) in [6, 6.07) is 13.6. The van der Waals surface area contributed by atoms with Crippen molar-refractivity contribution in [2.75, 3.05) is 23.6 Å². The molecule has 0 radical (unpaired) electrons. The Labute approximate surface area is 287 Å². The molecule has 7 rings (SSSR count). The maximum atomic E-state index is 11.3. The maximum Gasteiger partial charge on any atom is 0.229 e.